The fourth-order valence-electron chi connectivity index (χ4n) is 1.50. The zero-order valence-corrected chi connectivity index (χ0v) is 10.6. The average molecular weight is 297 g/mol. The Labute approximate surface area is 101 Å². The number of halogens is 4. The van der Waals surface area contributed by atoms with Crippen molar-refractivity contribution < 1.29 is 17.9 Å². The number of alkyl halides is 4. The first-order valence-corrected chi connectivity index (χ1v) is 5.81. The van der Waals surface area contributed by atoms with Crippen LogP contribution in [-0.4, -0.2) is 12.8 Å². The molecule has 0 saturated heterocycles. The molecule has 0 atom stereocenters. The Kier molecular flexibility index (Phi) is 4.24. The lowest BCUT2D eigenvalue weighted by Gasteiger charge is -2.14. The van der Waals surface area contributed by atoms with E-state index in [1.54, 1.807) is 13.8 Å². The van der Waals surface area contributed by atoms with Crippen LogP contribution in [0.25, 0.3) is 0 Å². The summed E-state index contributed by atoms with van der Waals surface area (Å²) in [5.74, 6) is 0.321. The fourth-order valence-corrected chi connectivity index (χ4v) is 1.82. The van der Waals surface area contributed by atoms with E-state index in [4.69, 9.17) is 4.74 Å². The van der Waals surface area contributed by atoms with Gasteiger partial charge in [0.25, 0.3) is 0 Å². The maximum Gasteiger partial charge on any atom is 0.422 e. The Balaban J connectivity index is 2.88. The minimum absolute atomic E-state index is 0.321. The monoisotopic (exact) mass is 296 g/mol. The molecule has 0 radical (unpaired) electrons. The predicted molar refractivity (Wildman–Crippen MR) is 60.1 cm³/mol. The molecule has 0 N–H and O–H groups in total. The lowest BCUT2D eigenvalue weighted by Crippen LogP contribution is -2.20. The van der Waals surface area contributed by atoms with Crippen LogP contribution < -0.4 is 4.74 Å². The molecule has 0 aromatic heterocycles. The largest absolute Gasteiger partial charge is 0.484 e. The van der Waals surface area contributed by atoms with Crippen LogP contribution in [0.4, 0.5) is 13.2 Å². The summed E-state index contributed by atoms with van der Waals surface area (Å²) in [5, 5.41) is 0.675. The maximum absolute atomic E-state index is 12.0. The Morgan fingerprint density at radius 1 is 1.19 bits per heavy atom. The topological polar surface area (TPSA) is 9.23 Å². The average Bonchev–Trinajstić information content (AvgIpc) is 2.14. The van der Waals surface area contributed by atoms with Crippen molar-refractivity contribution in [3.05, 3.63) is 28.8 Å². The second kappa shape index (κ2) is 5.08. The van der Waals surface area contributed by atoms with Crippen molar-refractivity contribution in [1.82, 2.24) is 0 Å². The van der Waals surface area contributed by atoms with Crippen molar-refractivity contribution in [2.24, 2.45) is 0 Å². The van der Waals surface area contributed by atoms with Gasteiger partial charge >= 0.3 is 6.18 Å². The van der Waals surface area contributed by atoms with E-state index in [0.717, 1.165) is 16.7 Å². The summed E-state index contributed by atoms with van der Waals surface area (Å²) in [6, 6.07) is 3.63. The maximum atomic E-state index is 12.0. The molecule has 16 heavy (non-hydrogen) atoms. The lowest BCUT2D eigenvalue weighted by molar-refractivity contribution is -0.153. The molecule has 0 spiro atoms. The van der Waals surface area contributed by atoms with Gasteiger partial charge in [-0.05, 0) is 30.5 Å². The molecule has 0 aliphatic heterocycles. The molecular formula is C11H12BrF3O. The number of ether oxygens (including phenoxy) is 1. The van der Waals surface area contributed by atoms with Crippen LogP contribution in [0, 0.1) is 13.8 Å². The highest BCUT2D eigenvalue weighted by Gasteiger charge is 2.28. The van der Waals surface area contributed by atoms with Crippen molar-refractivity contribution in [2.45, 2.75) is 25.4 Å². The lowest BCUT2D eigenvalue weighted by atomic mass is 10.1. The van der Waals surface area contributed by atoms with Crippen LogP contribution in [0.5, 0.6) is 5.75 Å². The summed E-state index contributed by atoms with van der Waals surface area (Å²) in [4.78, 5) is 0. The first-order chi connectivity index (χ1) is 7.33. The third-order valence-electron chi connectivity index (χ3n) is 2.05. The summed E-state index contributed by atoms with van der Waals surface area (Å²) < 4.78 is 40.8. The molecule has 5 heteroatoms. The molecule has 0 bridgehead atoms. The summed E-state index contributed by atoms with van der Waals surface area (Å²) in [6.45, 7) is 2.23. The Bertz CT molecular complexity index is 351. The zero-order valence-electron chi connectivity index (χ0n) is 8.99. The van der Waals surface area contributed by atoms with Gasteiger partial charge in [0.15, 0.2) is 6.61 Å². The van der Waals surface area contributed by atoms with Crippen molar-refractivity contribution >= 4 is 15.9 Å². The van der Waals surface area contributed by atoms with Gasteiger partial charge < -0.3 is 4.74 Å². The van der Waals surface area contributed by atoms with Crippen molar-refractivity contribution in [1.29, 1.82) is 0 Å². The molecule has 1 aromatic carbocycles. The van der Waals surface area contributed by atoms with E-state index in [2.05, 4.69) is 15.9 Å². The van der Waals surface area contributed by atoms with Crippen LogP contribution in [0.2, 0.25) is 0 Å². The molecule has 1 nitrogen and oxygen atoms in total. The number of rotatable bonds is 3. The molecule has 0 aliphatic carbocycles. The van der Waals surface area contributed by atoms with E-state index in [1.807, 2.05) is 12.1 Å². The Morgan fingerprint density at radius 3 is 2.06 bits per heavy atom. The molecule has 0 saturated carbocycles. The highest BCUT2D eigenvalue weighted by atomic mass is 79.9. The van der Waals surface area contributed by atoms with Crippen molar-refractivity contribution in [2.75, 3.05) is 6.61 Å². The van der Waals surface area contributed by atoms with Crippen molar-refractivity contribution in [3.63, 3.8) is 0 Å². The minimum atomic E-state index is -4.30. The molecule has 90 valence electrons. The number of hydrogen-bond acceptors (Lipinski definition) is 1. The molecule has 0 fully saturated rings. The van der Waals surface area contributed by atoms with Gasteiger partial charge in [-0.1, -0.05) is 28.1 Å². The van der Waals surface area contributed by atoms with Gasteiger partial charge in [-0.25, -0.2) is 0 Å². The first-order valence-electron chi connectivity index (χ1n) is 4.69. The highest BCUT2D eigenvalue weighted by Crippen LogP contribution is 2.27. The van der Waals surface area contributed by atoms with Gasteiger partial charge in [-0.3, -0.25) is 0 Å². The van der Waals surface area contributed by atoms with Gasteiger partial charge in [0.1, 0.15) is 5.75 Å². The molecule has 1 aromatic rings. The Morgan fingerprint density at radius 2 is 1.69 bits per heavy atom. The molecule has 0 unspecified atom stereocenters. The smallest absolute Gasteiger partial charge is 0.422 e. The van der Waals surface area contributed by atoms with Crippen LogP contribution in [-0.2, 0) is 5.33 Å². The van der Waals surface area contributed by atoms with E-state index in [0.29, 0.717) is 11.1 Å². The fraction of sp³-hybridized carbons (Fsp3) is 0.455. The third kappa shape index (κ3) is 3.70. The normalized spacial score (nSPS) is 11.6. The van der Waals surface area contributed by atoms with E-state index in [-0.39, 0.29) is 0 Å². The van der Waals surface area contributed by atoms with Gasteiger partial charge in [0.05, 0.1) is 0 Å². The number of aryl methyl sites for hydroxylation is 2. The molecule has 0 aliphatic rings. The second-order valence-electron chi connectivity index (χ2n) is 3.60. The minimum Gasteiger partial charge on any atom is -0.484 e. The standard InChI is InChI=1S/C11H12BrF3O/c1-7-3-9(5-12)4-8(2)10(7)16-6-11(13,14)15/h3-4H,5-6H2,1-2H3. The third-order valence-corrected chi connectivity index (χ3v) is 2.70. The van der Waals surface area contributed by atoms with Crippen LogP contribution in [0.15, 0.2) is 12.1 Å². The van der Waals surface area contributed by atoms with E-state index < -0.39 is 12.8 Å². The summed E-state index contributed by atoms with van der Waals surface area (Å²) in [7, 11) is 0. The summed E-state index contributed by atoms with van der Waals surface area (Å²) in [5.41, 5.74) is 2.46. The summed E-state index contributed by atoms with van der Waals surface area (Å²) >= 11 is 3.30. The molecule has 0 heterocycles. The van der Waals surface area contributed by atoms with E-state index in [9.17, 15) is 13.2 Å². The van der Waals surface area contributed by atoms with Crippen LogP contribution >= 0.6 is 15.9 Å². The highest BCUT2D eigenvalue weighted by molar-refractivity contribution is 9.08. The molecule has 1 rings (SSSR count). The quantitative estimate of drug-likeness (QED) is 0.762. The number of benzene rings is 1. The first kappa shape index (κ1) is 13.4. The SMILES string of the molecule is Cc1cc(CBr)cc(C)c1OCC(F)(F)F. The van der Waals surface area contributed by atoms with Crippen LogP contribution in [0.3, 0.4) is 0 Å². The predicted octanol–water partition coefficient (Wildman–Crippen LogP) is 4.14. The second-order valence-corrected chi connectivity index (χ2v) is 4.16. The summed E-state index contributed by atoms with van der Waals surface area (Å²) in [6.07, 6.45) is -4.30. The number of hydrogen-bond donors (Lipinski definition) is 0. The zero-order chi connectivity index (χ0) is 12.3. The molecule has 0 amide bonds. The van der Waals surface area contributed by atoms with Crippen LogP contribution in [0.1, 0.15) is 16.7 Å². The van der Waals surface area contributed by atoms with Gasteiger partial charge in [-0.15, -0.1) is 0 Å². The van der Waals surface area contributed by atoms with Gasteiger partial charge in [-0.2, -0.15) is 13.2 Å². The van der Waals surface area contributed by atoms with Gasteiger partial charge in [0, 0.05) is 5.33 Å². The van der Waals surface area contributed by atoms with Crippen molar-refractivity contribution in [3.8, 4) is 5.75 Å². The van der Waals surface area contributed by atoms with E-state index >= 15 is 0 Å². The molecular weight excluding hydrogens is 285 g/mol. The Hall–Kier alpha value is -0.710. The van der Waals surface area contributed by atoms with Gasteiger partial charge in [0.2, 0.25) is 0 Å². The van der Waals surface area contributed by atoms with E-state index in [1.165, 1.54) is 0 Å².